The molecule has 0 atom stereocenters. The zero-order chi connectivity index (χ0) is 15.5. The minimum atomic E-state index is -0.355. The number of carbonyl (C=O) groups excluding carboxylic acids is 1. The van der Waals surface area contributed by atoms with Crippen molar-refractivity contribution in [2.75, 3.05) is 12.4 Å². The predicted molar refractivity (Wildman–Crippen MR) is 84.6 cm³/mol. The molecule has 1 aliphatic rings. The highest BCUT2D eigenvalue weighted by atomic mass is 32.2. The van der Waals surface area contributed by atoms with Crippen molar-refractivity contribution in [1.29, 1.82) is 0 Å². The first kappa shape index (κ1) is 15.1. The number of hydrogen-bond donors (Lipinski definition) is 0. The molecule has 1 aliphatic heterocycles. The third kappa shape index (κ3) is 2.63. The van der Waals surface area contributed by atoms with Crippen molar-refractivity contribution in [2.45, 2.75) is 38.0 Å². The van der Waals surface area contributed by atoms with Crippen molar-refractivity contribution in [1.82, 2.24) is 9.67 Å². The molecule has 2 heterocycles. The van der Waals surface area contributed by atoms with Crippen LogP contribution in [0.15, 0.2) is 29.2 Å². The smallest absolute Gasteiger partial charge is 0.447 e. The highest BCUT2D eigenvalue weighted by Crippen LogP contribution is 2.26. The van der Waals surface area contributed by atoms with E-state index in [0.717, 1.165) is 42.4 Å². The molecule has 0 fully saturated rings. The van der Waals surface area contributed by atoms with Crippen LogP contribution in [0.3, 0.4) is 0 Å². The maximum atomic E-state index is 12.5. The fourth-order valence-corrected chi connectivity index (χ4v) is 3.63. The Morgan fingerprint density at radius 2 is 2.23 bits per heavy atom. The lowest BCUT2D eigenvalue weighted by Gasteiger charge is -2.08. The van der Waals surface area contributed by atoms with Gasteiger partial charge in [0.05, 0.1) is 17.9 Å². The zero-order valence-electron chi connectivity index (χ0n) is 12.9. The van der Waals surface area contributed by atoms with Gasteiger partial charge in [-0.25, -0.2) is 4.79 Å². The van der Waals surface area contributed by atoms with E-state index < -0.39 is 0 Å². The van der Waals surface area contributed by atoms with Crippen LogP contribution in [0.4, 0.5) is 4.79 Å². The summed E-state index contributed by atoms with van der Waals surface area (Å²) >= 11 is 1.80. The van der Waals surface area contributed by atoms with Crippen LogP contribution in [0.25, 0.3) is 5.69 Å². The van der Waals surface area contributed by atoms with Gasteiger partial charge in [0, 0.05) is 12.2 Å². The number of para-hydroxylation sites is 1. The molecule has 0 unspecified atom stereocenters. The highest BCUT2D eigenvalue weighted by molar-refractivity contribution is 7.99. The van der Waals surface area contributed by atoms with E-state index in [1.807, 2.05) is 29.8 Å². The molecule has 1 aromatic carbocycles. The Balaban J connectivity index is 2.21. The quantitative estimate of drug-likeness (QED) is 0.817. The Labute approximate surface area is 134 Å². The van der Waals surface area contributed by atoms with Crippen LogP contribution in [0.1, 0.15) is 31.9 Å². The zero-order valence-corrected chi connectivity index (χ0v) is 13.7. The van der Waals surface area contributed by atoms with Gasteiger partial charge in [0.15, 0.2) is 5.69 Å². The van der Waals surface area contributed by atoms with Crippen LogP contribution in [0.2, 0.25) is 0 Å². The van der Waals surface area contributed by atoms with Gasteiger partial charge in [-0.05, 0) is 30.5 Å². The normalized spacial score (nSPS) is 13.2. The minimum absolute atomic E-state index is 0.355. The molecule has 5 nitrogen and oxygen atoms in total. The van der Waals surface area contributed by atoms with Crippen LogP contribution in [-0.4, -0.2) is 28.1 Å². The first-order valence-electron chi connectivity index (χ1n) is 7.68. The lowest BCUT2D eigenvalue weighted by Crippen LogP contribution is -2.47. The summed E-state index contributed by atoms with van der Waals surface area (Å²) in [4.78, 5) is 18.3. The predicted octanol–water partition coefficient (Wildman–Crippen LogP) is 2.77. The Morgan fingerprint density at radius 3 is 3.00 bits per heavy atom. The molecule has 0 bridgehead atoms. The molecule has 0 N–H and O–H groups in total. The van der Waals surface area contributed by atoms with Crippen molar-refractivity contribution in [3.05, 3.63) is 35.9 Å². The van der Waals surface area contributed by atoms with Gasteiger partial charge < -0.3 is 4.74 Å². The number of aromatic nitrogens is 3. The number of carbonyl (C=O) groups is 1. The summed E-state index contributed by atoms with van der Waals surface area (Å²) in [5, 5.41) is 0. The van der Waals surface area contributed by atoms with Crippen LogP contribution in [0, 0.1) is 0 Å². The Morgan fingerprint density at radius 1 is 1.41 bits per heavy atom. The first-order valence-corrected chi connectivity index (χ1v) is 8.67. The van der Waals surface area contributed by atoms with Gasteiger partial charge in [-0.3, -0.25) is 0 Å². The second-order valence-electron chi connectivity index (χ2n) is 5.08. The molecule has 116 valence electrons. The van der Waals surface area contributed by atoms with Crippen molar-refractivity contribution in [2.24, 2.45) is 0 Å². The van der Waals surface area contributed by atoms with E-state index >= 15 is 0 Å². The van der Waals surface area contributed by atoms with Gasteiger partial charge in [0.1, 0.15) is 0 Å². The Hall–Kier alpha value is -1.82. The Bertz CT molecular complexity index is 697. The standard InChI is InChI=1S/C16H20N3O2S/c1-3-7-14-17-15-10-11-22-13-9-6-5-8-12(13)18(15)19(14)16(20)21-4-2/h5-6,8-9H,3-4,7,10-11H2,1-2H3/q+1. The number of aryl methyl sites for hydroxylation is 2. The van der Waals surface area contributed by atoms with Crippen LogP contribution in [0.5, 0.6) is 0 Å². The van der Waals surface area contributed by atoms with Gasteiger partial charge in [-0.1, -0.05) is 23.7 Å². The second kappa shape index (κ2) is 6.52. The average Bonchev–Trinajstić information content (AvgIpc) is 2.77. The summed E-state index contributed by atoms with van der Waals surface area (Å²) in [6, 6.07) is 8.13. The van der Waals surface area contributed by atoms with Crippen molar-refractivity contribution < 1.29 is 14.2 Å². The molecule has 0 saturated heterocycles. The third-order valence-electron chi connectivity index (χ3n) is 3.54. The second-order valence-corrected chi connectivity index (χ2v) is 6.22. The van der Waals surface area contributed by atoms with Crippen molar-refractivity contribution >= 4 is 17.9 Å². The average molecular weight is 318 g/mol. The molecule has 6 heteroatoms. The number of fused-ring (bicyclic) bond motifs is 3. The Kier molecular flexibility index (Phi) is 4.47. The van der Waals surface area contributed by atoms with Gasteiger partial charge in [-0.15, -0.1) is 16.4 Å². The van der Waals surface area contributed by atoms with Crippen molar-refractivity contribution in [3.8, 4) is 5.69 Å². The summed E-state index contributed by atoms with van der Waals surface area (Å²) in [6.07, 6.45) is 2.18. The number of thioether (sulfide) groups is 1. The van der Waals surface area contributed by atoms with E-state index in [2.05, 4.69) is 13.0 Å². The molecule has 1 aromatic heterocycles. The van der Waals surface area contributed by atoms with E-state index in [0.29, 0.717) is 6.61 Å². The van der Waals surface area contributed by atoms with E-state index in [1.54, 1.807) is 16.4 Å². The monoisotopic (exact) mass is 318 g/mol. The maximum absolute atomic E-state index is 12.5. The van der Waals surface area contributed by atoms with E-state index in [4.69, 9.17) is 9.72 Å². The number of benzene rings is 1. The summed E-state index contributed by atoms with van der Waals surface area (Å²) < 4.78 is 8.78. The van der Waals surface area contributed by atoms with Gasteiger partial charge >= 0.3 is 11.9 Å². The van der Waals surface area contributed by atoms with Crippen molar-refractivity contribution in [3.63, 3.8) is 0 Å². The van der Waals surface area contributed by atoms with Crippen LogP contribution in [-0.2, 0) is 17.6 Å². The molecule has 0 aliphatic carbocycles. The topological polar surface area (TPSA) is 48.0 Å². The van der Waals surface area contributed by atoms with E-state index in [9.17, 15) is 4.79 Å². The SMILES string of the molecule is CCCc1nc2[n+](n1C(=O)OCC)-c1ccccc1SCC2. The van der Waals surface area contributed by atoms with Gasteiger partial charge in [-0.2, -0.15) is 0 Å². The molecular weight excluding hydrogens is 298 g/mol. The molecule has 0 amide bonds. The first-order chi connectivity index (χ1) is 10.8. The highest BCUT2D eigenvalue weighted by Gasteiger charge is 2.34. The van der Waals surface area contributed by atoms with Crippen LogP contribution < -0.4 is 4.68 Å². The lowest BCUT2D eigenvalue weighted by atomic mass is 10.3. The van der Waals surface area contributed by atoms with Crippen LogP contribution >= 0.6 is 11.8 Å². The molecule has 0 saturated carbocycles. The fraction of sp³-hybridized carbons (Fsp3) is 0.438. The summed E-state index contributed by atoms with van der Waals surface area (Å²) in [5.74, 6) is 2.66. The summed E-state index contributed by atoms with van der Waals surface area (Å²) in [7, 11) is 0. The molecular formula is C16H20N3O2S+. The van der Waals surface area contributed by atoms with Gasteiger partial charge in [0.25, 0.3) is 5.82 Å². The fourth-order valence-electron chi connectivity index (χ4n) is 2.65. The molecule has 0 radical (unpaired) electrons. The maximum Gasteiger partial charge on any atom is 0.454 e. The summed E-state index contributed by atoms with van der Waals surface area (Å²) in [5.41, 5.74) is 1.00. The largest absolute Gasteiger partial charge is 0.454 e. The summed E-state index contributed by atoms with van der Waals surface area (Å²) in [6.45, 7) is 4.26. The van der Waals surface area contributed by atoms with Gasteiger partial charge in [0.2, 0.25) is 0 Å². The molecule has 0 spiro atoms. The molecule has 22 heavy (non-hydrogen) atoms. The van der Waals surface area contributed by atoms with E-state index in [1.165, 1.54) is 4.90 Å². The molecule has 2 aromatic rings. The molecule has 3 rings (SSSR count). The lowest BCUT2D eigenvalue weighted by molar-refractivity contribution is -0.684. The number of hydrogen-bond acceptors (Lipinski definition) is 4. The third-order valence-corrected chi connectivity index (χ3v) is 4.60. The van der Waals surface area contributed by atoms with E-state index in [-0.39, 0.29) is 6.09 Å². The minimum Gasteiger partial charge on any atom is -0.447 e. The number of ether oxygens (including phenoxy) is 1. The number of rotatable bonds is 3. The number of nitrogens with zero attached hydrogens (tertiary/aromatic N) is 3.